The minimum Gasteiger partial charge on any atom is -0.493 e. The number of aliphatic imine (C=N–C) groups is 1. The molecule has 0 saturated carbocycles. The maximum Gasteiger partial charge on any atom is 0.203 e. The van der Waals surface area contributed by atoms with Gasteiger partial charge in [-0.3, -0.25) is 4.99 Å². The van der Waals surface area contributed by atoms with Crippen LogP contribution in [-0.4, -0.2) is 52.4 Å². The molecule has 1 unspecified atom stereocenters. The van der Waals surface area contributed by atoms with Crippen molar-refractivity contribution in [3.63, 3.8) is 0 Å². The summed E-state index contributed by atoms with van der Waals surface area (Å²) in [4.78, 5) is 4.23. The second-order valence-corrected chi connectivity index (χ2v) is 6.16. The fourth-order valence-electron chi connectivity index (χ4n) is 1.97. The average Bonchev–Trinajstić information content (AvgIpc) is 2.60. The zero-order chi connectivity index (χ0) is 17.2. The molecular formula is C16H28IN3O3S. The van der Waals surface area contributed by atoms with Crippen molar-refractivity contribution in [2.45, 2.75) is 18.7 Å². The van der Waals surface area contributed by atoms with Crippen LogP contribution < -0.4 is 24.8 Å². The Balaban J connectivity index is 0.00000529. The molecule has 138 valence electrons. The van der Waals surface area contributed by atoms with Crippen molar-refractivity contribution in [1.29, 1.82) is 0 Å². The minimum atomic E-state index is 0. The van der Waals surface area contributed by atoms with E-state index in [0.717, 1.165) is 18.1 Å². The first kappa shape index (κ1) is 23.0. The number of ether oxygens (including phenoxy) is 3. The van der Waals surface area contributed by atoms with E-state index in [1.165, 1.54) is 0 Å². The summed E-state index contributed by atoms with van der Waals surface area (Å²) in [6, 6.07) is 3.85. The summed E-state index contributed by atoms with van der Waals surface area (Å²) in [6.07, 6.45) is 2.10. The van der Waals surface area contributed by atoms with Gasteiger partial charge in [0.25, 0.3) is 0 Å². The third-order valence-corrected chi connectivity index (χ3v) is 4.34. The second-order valence-electron chi connectivity index (χ2n) is 4.89. The van der Waals surface area contributed by atoms with Gasteiger partial charge in [0.1, 0.15) is 0 Å². The van der Waals surface area contributed by atoms with Crippen molar-refractivity contribution >= 4 is 41.7 Å². The molecule has 0 spiro atoms. The van der Waals surface area contributed by atoms with E-state index in [0.29, 0.717) is 29.0 Å². The monoisotopic (exact) mass is 469 g/mol. The minimum absolute atomic E-state index is 0. The van der Waals surface area contributed by atoms with E-state index in [9.17, 15) is 0 Å². The summed E-state index contributed by atoms with van der Waals surface area (Å²) < 4.78 is 16.1. The van der Waals surface area contributed by atoms with E-state index in [4.69, 9.17) is 14.2 Å². The molecule has 0 aliphatic carbocycles. The first-order chi connectivity index (χ1) is 11.1. The van der Waals surface area contributed by atoms with Crippen molar-refractivity contribution in [3.8, 4) is 17.2 Å². The zero-order valence-electron chi connectivity index (χ0n) is 15.1. The molecule has 0 heterocycles. The third-order valence-electron chi connectivity index (χ3n) is 3.37. The Morgan fingerprint density at radius 1 is 1.12 bits per heavy atom. The van der Waals surface area contributed by atoms with Crippen molar-refractivity contribution in [2.75, 3.05) is 41.2 Å². The quantitative estimate of drug-likeness (QED) is 0.347. The predicted molar refractivity (Wildman–Crippen MR) is 113 cm³/mol. The molecule has 24 heavy (non-hydrogen) atoms. The maximum absolute atomic E-state index is 5.36. The Bertz CT molecular complexity index is 504. The second kappa shape index (κ2) is 12.3. The number of rotatable bonds is 8. The Labute approximate surface area is 166 Å². The maximum atomic E-state index is 5.36. The normalized spacial score (nSPS) is 12.0. The summed E-state index contributed by atoms with van der Waals surface area (Å²) in [6.45, 7) is 3.63. The van der Waals surface area contributed by atoms with Gasteiger partial charge >= 0.3 is 0 Å². The van der Waals surface area contributed by atoms with E-state index in [1.54, 1.807) is 28.4 Å². The highest BCUT2D eigenvalue weighted by molar-refractivity contribution is 14.0. The Morgan fingerprint density at radius 2 is 1.71 bits per heavy atom. The topological polar surface area (TPSA) is 64.1 Å². The molecule has 0 radical (unpaired) electrons. The summed E-state index contributed by atoms with van der Waals surface area (Å²) in [7, 11) is 6.57. The molecule has 0 fully saturated rings. The highest BCUT2D eigenvalue weighted by Crippen LogP contribution is 2.38. The first-order valence-electron chi connectivity index (χ1n) is 7.35. The molecule has 2 N–H and O–H groups in total. The van der Waals surface area contributed by atoms with Gasteiger partial charge in [-0.05, 0) is 24.0 Å². The Morgan fingerprint density at radius 3 is 2.12 bits per heavy atom. The van der Waals surface area contributed by atoms with E-state index in [2.05, 4.69) is 28.8 Å². The Hall–Kier alpha value is -1.03. The molecule has 6 nitrogen and oxygen atoms in total. The molecule has 0 bridgehead atoms. The van der Waals surface area contributed by atoms with Crippen LogP contribution in [0.2, 0.25) is 0 Å². The number of benzene rings is 1. The highest BCUT2D eigenvalue weighted by Gasteiger charge is 2.13. The summed E-state index contributed by atoms with van der Waals surface area (Å²) in [5.74, 6) is 2.64. The van der Waals surface area contributed by atoms with Gasteiger partial charge in [-0.15, -0.1) is 24.0 Å². The van der Waals surface area contributed by atoms with Gasteiger partial charge in [-0.2, -0.15) is 11.8 Å². The van der Waals surface area contributed by atoms with Crippen LogP contribution >= 0.6 is 35.7 Å². The fraction of sp³-hybridized carbons (Fsp3) is 0.562. The molecule has 1 atom stereocenters. The standard InChI is InChI=1S/C16H27N3O3S.HI/c1-11(23-6)9-18-16(17-2)19-10-12-7-13(20-3)15(22-5)14(8-12)21-4;/h7-8,11H,9-10H2,1-6H3,(H2,17,18,19);1H. The average molecular weight is 469 g/mol. The number of hydrogen-bond donors (Lipinski definition) is 2. The number of guanidine groups is 1. The van der Waals surface area contributed by atoms with E-state index < -0.39 is 0 Å². The van der Waals surface area contributed by atoms with Crippen molar-refractivity contribution in [2.24, 2.45) is 4.99 Å². The van der Waals surface area contributed by atoms with Crippen molar-refractivity contribution < 1.29 is 14.2 Å². The number of methoxy groups -OCH3 is 3. The summed E-state index contributed by atoms with van der Waals surface area (Å²) in [5, 5.41) is 7.11. The molecule has 8 heteroatoms. The SMILES string of the molecule is CN=C(NCc1cc(OC)c(OC)c(OC)c1)NCC(C)SC.I. The smallest absolute Gasteiger partial charge is 0.203 e. The van der Waals surface area contributed by atoms with E-state index in [-0.39, 0.29) is 24.0 Å². The third kappa shape index (κ3) is 6.84. The lowest BCUT2D eigenvalue weighted by Crippen LogP contribution is -2.39. The lowest BCUT2D eigenvalue weighted by molar-refractivity contribution is 0.323. The van der Waals surface area contributed by atoms with Crippen molar-refractivity contribution in [3.05, 3.63) is 17.7 Å². The van der Waals surface area contributed by atoms with Crippen LogP contribution in [0.15, 0.2) is 17.1 Å². The first-order valence-corrected chi connectivity index (χ1v) is 8.64. The molecule has 1 aromatic carbocycles. The van der Waals surface area contributed by atoms with Crippen LogP contribution in [0.3, 0.4) is 0 Å². The number of halogens is 1. The van der Waals surface area contributed by atoms with Gasteiger partial charge in [0.15, 0.2) is 17.5 Å². The van der Waals surface area contributed by atoms with E-state index in [1.807, 2.05) is 23.9 Å². The molecule has 0 aromatic heterocycles. The molecule has 0 amide bonds. The van der Waals surface area contributed by atoms with Gasteiger partial charge in [-0.1, -0.05) is 6.92 Å². The molecular weight excluding hydrogens is 441 g/mol. The van der Waals surface area contributed by atoms with Crippen molar-refractivity contribution in [1.82, 2.24) is 10.6 Å². The number of thioether (sulfide) groups is 1. The Kier molecular flexibility index (Phi) is 11.8. The molecule has 0 aliphatic rings. The molecule has 1 aromatic rings. The van der Waals surface area contributed by atoms with Gasteiger partial charge < -0.3 is 24.8 Å². The lowest BCUT2D eigenvalue weighted by atomic mass is 10.2. The molecule has 0 saturated heterocycles. The number of hydrogen-bond acceptors (Lipinski definition) is 5. The number of nitrogens with one attached hydrogen (secondary N) is 2. The van der Waals surface area contributed by atoms with Gasteiger partial charge in [0.2, 0.25) is 5.75 Å². The van der Waals surface area contributed by atoms with Crippen LogP contribution in [0.1, 0.15) is 12.5 Å². The van der Waals surface area contributed by atoms with Gasteiger partial charge in [0.05, 0.1) is 21.3 Å². The summed E-state index contributed by atoms with van der Waals surface area (Å²) in [5.41, 5.74) is 1.01. The zero-order valence-corrected chi connectivity index (χ0v) is 18.3. The van der Waals surface area contributed by atoms with Crippen LogP contribution in [0, 0.1) is 0 Å². The summed E-state index contributed by atoms with van der Waals surface area (Å²) >= 11 is 1.81. The fourth-order valence-corrected chi connectivity index (χ4v) is 2.22. The van der Waals surface area contributed by atoms with Crippen LogP contribution in [0.5, 0.6) is 17.2 Å². The van der Waals surface area contributed by atoms with E-state index >= 15 is 0 Å². The largest absolute Gasteiger partial charge is 0.493 e. The van der Waals surface area contributed by atoms with Crippen LogP contribution in [-0.2, 0) is 6.54 Å². The molecule has 0 aliphatic heterocycles. The highest BCUT2D eigenvalue weighted by atomic mass is 127. The van der Waals surface area contributed by atoms with Crippen LogP contribution in [0.25, 0.3) is 0 Å². The van der Waals surface area contributed by atoms with Crippen LogP contribution in [0.4, 0.5) is 0 Å². The molecule has 1 rings (SSSR count). The van der Waals surface area contributed by atoms with Gasteiger partial charge in [0, 0.05) is 25.4 Å². The van der Waals surface area contributed by atoms with Gasteiger partial charge in [-0.25, -0.2) is 0 Å². The predicted octanol–water partition coefficient (Wildman–Crippen LogP) is 2.75. The lowest BCUT2D eigenvalue weighted by Gasteiger charge is -2.17. The number of nitrogens with zero attached hydrogens (tertiary/aromatic N) is 1.